The van der Waals surface area contributed by atoms with Gasteiger partial charge in [0.1, 0.15) is 11.5 Å². The number of nitrogens with zero attached hydrogens (tertiary/aromatic N) is 1. The number of thiophene rings is 1. The molecule has 27 heavy (non-hydrogen) atoms. The maximum absolute atomic E-state index is 12.5. The Balaban J connectivity index is 1.74. The lowest BCUT2D eigenvalue weighted by Gasteiger charge is -2.08. The fourth-order valence-electron chi connectivity index (χ4n) is 2.07. The number of furan rings is 1. The summed E-state index contributed by atoms with van der Waals surface area (Å²) in [5.74, 6) is -0.457. The van der Waals surface area contributed by atoms with Crippen LogP contribution in [-0.2, 0) is 4.79 Å². The van der Waals surface area contributed by atoms with E-state index in [0.29, 0.717) is 16.0 Å². The van der Waals surface area contributed by atoms with E-state index in [0.717, 1.165) is 4.88 Å². The first-order chi connectivity index (χ1) is 13.1. The van der Waals surface area contributed by atoms with Crippen LogP contribution in [0.25, 0.3) is 6.08 Å². The molecule has 8 heteroatoms. The number of carbonyl (C=O) groups is 2. The van der Waals surface area contributed by atoms with Gasteiger partial charge in [0.15, 0.2) is 4.67 Å². The number of carbonyl (C=O) groups excluding carboxylic acids is 2. The normalized spacial score (nSPS) is 11.5. The van der Waals surface area contributed by atoms with Crippen molar-refractivity contribution in [3.05, 3.63) is 86.5 Å². The van der Waals surface area contributed by atoms with Gasteiger partial charge in [0, 0.05) is 10.4 Å². The van der Waals surface area contributed by atoms with Gasteiger partial charge in [-0.05, 0) is 57.7 Å². The quantitative estimate of drug-likeness (QED) is 0.342. The summed E-state index contributed by atoms with van der Waals surface area (Å²) in [6.07, 6.45) is 2.96. The number of benzene rings is 1. The smallest absolute Gasteiger partial charge is 0.287 e. The summed E-state index contributed by atoms with van der Waals surface area (Å²) in [5, 5.41) is 8.38. The molecule has 2 heterocycles. The van der Waals surface area contributed by atoms with Crippen LogP contribution in [0.4, 0.5) is 0 Å². The summed E-state index contributed by atoms with van der Waals surface area (Å²) in [5.41, 5.74) is 2.92. The van der Waals surface area contributed by atoms with E-state index < -0.39 is 5.91 Å². The Bertz CT molecular complexity index is 979. The Kier molecular flexibility index (Phi) is 6.35. The van der Waals surface area contributed by atoms with Crippen LogP contribution in [0.15, 0.2) is 79.9 Å². The van der Waals surface area contributed by atoms with Gasteiger partial charge in [-0.2, -0.15) is 5.10 Å². The lowest BCUT2D eigenvalue weighted by molar-refractivity contribution is -0.117. The molecule has 0 unspecified atom stereocenters. The topological polar surface area (TPSA) is 83.7 Å². The highest BCUT2D eigenvalue weighted by atomic mass is 79.9. The van der Waals surface area contributed by atoms with Crippen LogP contribution in [0.5, 0.6) is 0 Å². The summed E-state index contributed by atoms with van der Waals surface area (Å²) < 4.78 is 5.83. The molecule has 0 radical (unpaired) electrons. The highest BCUT2D eigenvalue weighted by Crippen LogP contribution is 2.14. The van der Waals surface area contributed by atoms with Crippen molar-refractivity contribution >= 4 is 51.4 Å². The first-order valence-corrected chi connectivity index (χ1v) is 9.49. The summed E-state index contributed by atoms with van der Waals surface area (Å²) in [6, 6.07) is 15.8. The molecule has 0 fully saturated rings. The molecule has 0 aliphatic rings. The van der Waals surface area contributed by atoms with Crippen LogP contribution in [0, 0.1) is 0 Å². The molecule has 0 spiro atoms. The second-order valence-electron chi connectivity index (χ2n) is 5.23. The molecule has 6 nitrogen and oxygen atoms in total. The van der Waals surface area contributed by atoms with Gasteiger partial charge in [-0.3, -0.25) is 9.59 Å². The average Bonchev–Trinajstić information content (AvgIpc) is 3.33. The third kappa shape index (κ3) is 5.50. The minimum absolute atomic E-state index is 0.0871. The maximum atomic E-state index is 12.5. The molecule has 3 aromatic rings. The highest BCUT2D eigenvalue weighted by molar-refractivity contribution is 9.10. The van der Waals surface area contributed by atoms with Crippen LogP contribution in [0.1, 0.15) is 21.0 Å². The number of halogens is 1. The number of nitrogens with one attached hydrogen (secondary N) is 2. The lowest BCUT2D eigenvalue weighted by Crippen LogP contribution is -2.32. The first kappa shape index (κ1) is 18.8. The molecule has 2 amide bonds. The number of hydrogen-bond donors (Lipinski definition) is 2. The molecule has 0 aliphatic carbocycles. The fraction of sp³-hybridized carbons (Fsp3) is 0. The molecule has 2 N–H and O–H groups in total. The van der Waals surface area contributed by atoms with Gasteiger partial charge < -0.3 is 9.73 Å². The molecule has 0 saturated heterocycles. The molecule has 3 rings (SSSR count). The van der Waals surface area contributed by atoms with Crippen molar-refractivity contribution in [2.24, 2.45) is 5.10 Å². The molecule has 0 aliphatic heterocycles. The molecule has 0 saturated carbocycles. The second-order valence-corrected chi connectivity index (χ2v) is 7.00. The minimum Gasteiger partial charge on any atom is -0.448 e. The number of hydrazone groups is 1. The molecule has 0 atom stereocenters. The largest absolute Gasteiger partial charge is 0.448 e. The monoisotopic (exact) mass is 443 g/mol. The van der Waals surface area contributed by atoms with Crippen molar-refractivity contribution in [1.29, 1.82) is 0 Å². The SMILES string of the molecule is O=C(NN=Cc1ccc(Br)o1)C(=Cc1cccs1)NC(=O)c1ccccc1. The lowest BCUT2D eigenvalue weighted by atomic mass is 10.2. The van der Waals surface area contributed by atoms with Gasteiger partial charge >= 0.3 is 0 Å². The summed E-state index contributed by atoms with van der Waals surface area (Å²) in [7, 11) is 0. The van der Waals surface area contributed by atoms with Crippen LogP contribution < -0.4 is 10.7 Å². The standard InChI is InChI=1S/C19H14BrN3O3S/c20-17-9-8-14(26-17)12-21-23-19(25)16(11-15-7-4-10-27-15)22-18(24)13-5-2-1-3-6-13/h1-12H,(H,22,24)(H,23,25). The van der Waals surface area contributed by atoms with E-state index in [9.17, 15) is 9.59 Å². The van der Waals surface area contributed by atoms with Gasteiger partial charge in [0.25, 0.3) is 11.8 Å². The molecule has 2 aromatic heterocycles. The van der Waals surface area contributed by atoms with Gasteiger partial charge in [-0.15, -0.1) is 11.3 Å². The van der Waals surface area contributed by atoms with Gasteiger partial charge in [-0.1, -0.05) is 24.3 Å². The average molecular weight is 444 g/mol. The van der Waals surface area contributed by atoms with Crippen molar-refractivity contribution in [2.45, 2.75) is 0 Å². The van der Waals surface area contributed by atoms with E-state index in [1.165, 1.54) is 17.6 Å². The molecule has 136 valence electrons. The highest BCUT2D eigenvalue weighted by Gasteiger charge is 2.14. The summed E-state index contributed by atoms with van der Waals surface area (Å²) in [6.45, 7) is 0. The zero-order chi connectivity index (χ0) is 19.1. The third-order valence-electron chi connectivity index (χ3n) is 3.31. The second kappa shape index (κ2) is 9.11. The van der Waals surface area contributed by atoms with E-state index in [1.54, 1.807) is 42.5 Å². The number of amides is 2. The van der Waals surface area contributed by atoms with E-state index in [4.69, 9.17) is 4.42 Å². The Labute approximate surface area is 167 Å². The zero-order valence-electron chi connectivity index (χ0n) is 13.9. The number of hydrogen-bond acceptors (Lipinski definition) is 5. The maximum Gasteiger partial charge on any atom is 0.287 e. The Hall–Kier alpha value is -2.97. The van der Waals surface area contributed by atoms with Crippen molar-refractivity contribution < 1.29 is 14.0 Å². The van der Waals surface area contributed by atoms with Crippen molar-refractivity contribution in [3.8, 4) is 0 Å². The summed E-state index contributed by atoms with van der Waals surface area (Å²) >= 11 is 4.64. The Morgan fingerprint density at radius 2 is 1.89 bits per heavy atom. The Morgan fingerprint density at radius 1 is 1.07 bits per heavy atom. The zero-order valence-corrected chi connectivity index (χ0v) is 16.3. The molecule has 1 aromatic carbocycles. The van der Waals surface area contributed by atoms with E-state index in [-0.39, 0.29) is 11.6 Å². The van der Waals surface area contributed by atoms with Crippen LogP contribution in [0.3, 0.4) is 0 Å². The van der Waals surface area contributed by atoms with Crippen molar-refractivity contribution in [3.63, 3.8) is 0 Å². The van der Waals surface area contributed by atoms with Gasteiger partial charge in [0.05, 0.1) is 6.21 Å². The van der Waals surface area contributed by atoms with E-state index in [2.05, 4.69) is 31.8 Å². The van der Waals surface area contributed by atoms with Crippen LogP contribution >= 0.6 is 27.3 Å². The van der Waals surface area contributed by atoms with Gasteiger partial charge in [0.2, 0.25) is 0 Å². The fourth-order valence-corrected chi connectivity index (χ4v) is 3.05. The van der Waals surface area contributed by atoms with Crippen LogP contribution in [0.2, 0.25) is 0 Å². The first-order valence-electron chi connectivity index (χ1n) is 7.82. The predicted octanol–water partition coefficient (Wildman–Crippen LogP) is 4.02. The Morgan fingerprint density at radius 3 is 2.56 bits per heavy atom. The van der Waals surface area contributed by atoms with Crippen molar-refractivity contribution in [2.75, 3.05) is 0 Å². The van der Waals surface area contributed by atoms with Crippen molar-refractivity contribution in [1.82, 2.24) is 10.7 Å². The molecule has 0 bridgehead atoms. The third-order valence-corrected chi connectivity index (χ3v) is 4.56. The molecular weight excluding hydrogens is 430 g/mol. The van der Waals surface area contributed by atoms with Crippen LogP contribution in [-0.4, -0.2) is 18.0 Å². The van der Waals surface area contributed by atoms with E-state index >= 15 is 0 Å². The predicted molar refractivity (Wildman–Crippen MR) is 108 cm³/mol. The van der Waals surface area contributed by atoms with Gasteiger partial charge in [-0.25, -0.2) is 5.43 Å². The molecular formula is C19H14BrN3O3S. The van der Waals surface area contributed by atoms with E-state index in [1.807, 2.05) is 23.6 Å². The summed E-state index contributed by atoms with van der Waals surface area (Å²) in [4.78, 5) is 25.7. The minimum atomic E-state index is -0.547. The number of rotatable bonds is 6.